The molecule has 5 heteroatoms. The van der Waals surface area contributed by atoms with Crippen molar-refractivity contribution in [1.82, 2.24) is 0 Å². The predicted molar refractivity (Wildman–Crippen MR) is 31.0 cm³/mol. The molecule has 0 saturated carbocycles. The molecule has 0 spiro atoms. The molecule has 0 aliphatic carbocycles. The minimum Gasteiger partial charge on any atom is -0.394 e. The quantitative estimate of drug-likeness (QED) is 0.283. The van der Waals surface area contributed by atoms with E-state index in [4.69, 9.17) is 10.2 Å². The van der Waals surface area contributed by atoms with Crippen LogP contribution < -0.4 is 0 Å². The molecule has 2 atom stereocenters. The number of rotatable bonds is 5. The summed E-state index contributed by atoms with van der Waals surface area (Å²) in [6.45, 7) is -0.535. The number of hydrogen-bond donors (Lipinski definition) is 2. The molecule has 0 aromatic carbocycles. The zero-order valence-corrected chi connectivity index (χ0v) is 5.56. The van der Waals surface area contributed by atoms with E-state index in [0.29, 0.717) is 6.29 Å². The Kier molecular flexibility index (Phi) is 5.05. The molecule has 0 fully saturated rings. The summed E-state index contributed by atoms with van der Waals surface area (Å²) in [5.41, 5.74) is 0. The zero-order valence-electron chi connectivity index (χ0n) is 5.56. The lowest BCUT2D eigenvalue weighted by molar-refractivity contribution is -0.309. The summed E-state index contributed by atoms with van der Waals surface area (Å²) in [6, 6.07) is 0. The van der Waals surface area contributed by atoms with Crippen LogP contribution in [0.2, 0.25) is 0 Å². The molecule has 0 amide bonds. The maximum Gasteiger partial charge on any atom is 0.176 e. The van der Waals surface area contributed by atoms with Gasteiger partial charge < -0.3 is 15.0 Å². The standard InChI is InChI=1S/C5H10O5/c1-9-10-5(3-7)4(8)2-6/h3-6,8H,2H2,1H3/t4-,5+/m1/s1. The highest BCUT2D eigenvalue weighted by Gasteiger charge is 2.18. The van der Waals surface area contributed by atoms with Gasteiger partial charge in [0.2, 0.25) is 0 Å². The maximum absolute atomic E-state index is 10.0. The molecule has 5 nitrogen and oxygen atoms in total. The Balaban J connectivity index is 3.67. The third-order valence-electron chi connectivity index (χ3n) is 0.908. The van der Waals surface area contributed by atoms with Gasteiger partial charge in [0, 0.05) is 0 Å². The molecular weight excluding hydrogens is 140 g/mol. The van der Waals surface area contributed by atoms with E-state index in [1.54, 1.807) is 0 Å². The lowest BCUT2D eigenvalue weighted by Crippen LogP contribution is -2.33. The predicted octanol–water partition coefficient (Wildman–Crippen LogP) is -1.51. The largest absolute Gasteiger partial charge is 0.394 e. The van der Waals surface area contributed by atoms with Crippen LogP contribution in [0.4, 0.5) is 0 Å². The van der Waals surface area contributed by atoms with Crippen molar-refractivity contribution in [1.29, 1.82) is 0 Å². The highest BCUT2D eigenvalue weighted by atomic mass is 17.2. The van der Waals surface area contributed by atoms with E-state index < -0.39 is 18.8 Å². The number of carbonyl (C=O) groups is 1. The van der Waals surface area contributed by atoms with Crippen molar-refractivity contribution < 1.29 is 24.8 Å². The van der Waals surface area contributed by atoms with Gasteiger partial charge in [0.1, 0.15) is 6.10 Å². The fourth-order valence-corrected chi connectivity index (χ4v) is 0.393. The van der Waals surface area contributed by atoms with Crippen molar-refractivity contribution in [3.05, 3.63) is 0 Å². The van der Waals surface area contributed by atoms with Crippen molar-refractivity contribution in [3.63, 3.8) is 0 Å². The van der Waals surface area contributed by atoms with E-state index in [1.807, 2.05) is 0 Å². The van der Waals surface area contributed by atoms with Crippen molar-refractivity contribution in [3.8, 4) is 0 Å². The van der Waals surface area contributed by atoms with Gasteiger partial charge in [0.05, 0.1) is 13.7 Å². The van der Waals surface area contributed by atoms with Crippen LogP contribution in [-0.4, -0.2) is 42.4 Å². The van der Waals surface area contributed by atoms with Gasteiger partial charge in [-0.1, -0.05) is 0 Å². The first-order valence-electron chi connectivity index (χ1n) is 2.70. The summed E-state index contributed by atoms with van der Waals surface area (Å²) < 4.78 is 0. The molecular formula is C5H10O5. The van der Waals surface area contributed by atoms with Crippen LogP contribution in [0.15, 0.2) is 0 Å². The SMILES string of the molecule is COO[C@@H](C=O)[C@H](O)CO. The van der Waals surface area contributed by atoms with Gasteiger partial charge in [0.15, 0.2) is 12.4 Å². The molecule has 10 heavy (non-hydrogen) atoms. The molecule has 0 aromatic heterocycles. The molecule has 0 saturated heterocycles. The van der Waals surface area contributed by atoms with Crippen LogP contribution in [0, 0.1) is 0 Å². The van der Waals surface area contributed by atoms with Crippen molar-refractivity contribution >= 4 is 6.29 Å². The Morgan fingerprint density at radius 1 is 1.70 bits per heavy atom. The Labute approximate surface area is 58.1 Å². The topological polar surface area (TPSA) is 76.0 Å². The first-order valence-corrected chi connectivity index (χ1v) is 2.70. The average Bonchev–Trinajstić information content (AvgIpc) is 1.99. The zero-order chi connectivity index (χ0) is 7.98. The van der Waals surface area contributed by atoms with Gasteiger partial charge in [-0.05, 0) is 0 Å². The molecule has 0 aromatic rings. The number of aliphatic hydroxyl groups is 2. The van der Waals surface area contributed by atoms with E-state index in [1.165, 1.54) is 7.11 Å². The molecule has 0 aliphatic rings. The second-order valence-corrected chi connectivity index (χ2v) is 1.61. The first kappa shape index (κ1) is 9.51. The molecule has 0 heterocycles. The summed E-state index contributed by atoms with van der Waals surface area (Å²) in [6.07, 6.45) is -1.99. The fraction of sp³-hybridized carbons (Fsp3) is 0.800. The monoisotopic (exact) mass is 150 g/mol. The minimum absolute atomic E-state index is 0.352. The van der Waals surface area contributed by atoms with E-state index in [2.05, 4.69) is 9.78 Å². The average molecular weight is 150 g/mol. The van der Waals surface area contributed by atoms with Gasteiger partial charge in [-0.3, -0.25) is 0 Å². The molecule has 0 bridgehead atoms. The summed E-state index contributed by atoms with van der Waals surface area (Å²) in [5, 5.41) is 17.1. The lowest BCUT2D eigenvalue weighted by atomic mass is 10.2. The third-order valence-corrected chi connectivity index (χ3v) is 0.908. The second-order valence-electron chi connectivity index (χ2n) is 1.61. The molecule has 0 aliphatic heterocycles. The van der Waals surface area contributed by atoms with Gasteiger partial charge in [-0.25, -0.2) is 9.78 Å². The molecule has 0 rings (SSSR count). The Bertz CT molecular complexity index is 94.0. The highest BCUT2D eigenvalue weighted by Crippen LogP contribution is 1.94. The number of aliphatic hydroxyl groups excluding tert-OH is 2. The Morgan fingerprint density at radius 3 is 2.60 bits per heavy atom. The van der Waals surface area contributed by atoms with Gasteiger partial charge in [0.25, 0.3) is 0 Å². The normalized spacial score (nSPS) is 16.3. The van der Waals surface area contributed by atoms with Crippen LogP contribution in [0.25, 0.3) is 0 Å². The van der Waals surface area contributed by atoms with Crippen LogP contribution >= 0.6 is 0 Å². The fourth-order valence-electron chi connectivity index (χ4n) is 0.393. The van der Waals surface area contributed by atoms with E-state index in [0.717, 1.165) is 0 Å². The second kappa shape index (κ2) is 5.31. The van der Waals surface area contributed by atoms with Crippen molar-refractivity contribution in [2.45, 2.75) is 12.2 Å². The van der Waals surface area contributed by atoms with E-state index in [-0.39, 0.29) is 0 Å². The molecule has 60 valence electrons. The lowest BCUT2D eigenvalue weighted by Gasteiger charge is -2.12. The van der Waals surface area contributed by atoms with Gasteiger partial charge in [-0.15, -0.1) is 0 Å². The Morgan fingerprint density at radius 2 is 2.30 bits per heavy atom. The maximum atomic E-state index is 10.0. The molecule has 2 N–H and O–H groups in total. The first-order chi connectivity index (χ1) is 4.76. The smallest absolute Gasteiger partial charge is 0.176 e. The minimum atomic E-state index is -1.22. The number of carbonyl (C=O) groups excluding carboxylic acids is 1. The highest BCUT2D eigenvalue weighted by molar-refractivity contribution is 5.56. The van der Waals surface area contributed by atoms with Crippen LogP contribution in [0.1, 0.15) is 0 Å². The Hall–Kier alpha value is -0.490. The summed E-state index contributed by atoms with van der Waals surface area (Å²) in [5.74, 6) is 0. The number of hydrogen-bond acceptors (Lipinski definition) is 5. The van der Waals surface area contributed by atoms with Crippen molar-refractivity contribution in [2.24, 2.45) is 0 Å². The summed E-state index contributed by atoms with van der Waals surface area (Å²) in [7, 11) is 1.21. The molecule has 0 unspecified atom stereocenters. The number of aldehydes is 1. The molecule has 0 radical (unpaired) electrons. The van der Waals surface area contributed by atoms with Gasteiger partial charge >= 0.3 is 0 Å². The summed E-state index contributed by atoms with van der Waals surface area (Å²) >= 11 is 0. The van der Waals surface area contributed by atoms with E-state index >= 15 is 0 Å². The van der Waals surface area contributed by atoms with Crippen molar-refractivity contribution in [2.75, 3.05) is 13.7 Å². The van der Waals surface area contributed by atoms with Crippen LogP contribution in [-0.2, 0) is 14.6 Å². The van der Waals surface area contributed by atoms with Crippen LogP contribution in [0.3, 0.4) is 0 Å². The van der Waals surface area contributed by atoms with Crippen LogP contribution in [0.5, 0.6) is 0 Å². The van der Waals surface area contributed by atoms with E-state index in [9.17, 15) is 4.79 Å². The third kappa shape index (κ3) is 2.88. The summed E-state index contributed by atoms with van der Waals surface area (Å²) in [4.78, 5) is 18.4. The van der Waals surface area contributed by atoms with Gasteiger partial charge in [-0.2, -0.15) is 0 Å².